The van der Waals surface area contributed by atoms with Gasteiger partial charge in [-0.25, -0.2) is 0 Å². The Balaban J connectivity index is 1.46. The Hall–Kier alpha value is -3.79. The Bertz CT molecular complexity index is 1530. The molecule has 43 heavy (non-hydrogen) atoms. The summed E-state index contributed by atoms with van der Waals surface area (Å²) in [6.45, 7) is 1.51. The number of ketones is 1. The highest BCUT2D eigenvalue weighted by atomic mass is 32.2. The van der Waals surface area contributed by atoms with Crippen molar-refractivity contribution in [2.75, 3.05) is 23.4 Å². The zero-order valence-electron chi connectivity index (χ0n) is 23.9. The molecule has 7 nitrogen and oxygen atoms in total. The molecular weight excluding hydrogens is 562 g/mol. The van der Waals surface area contributed by atoms with Crippen molar-refractivity contribution in [2.24, 2.45) is 0 Å². The van der Waals surface area contributed by atoms with Gasteiger partial charge >= 0.3 is 0 Å². The minimum absolute atomic E-state index is 0.0476. The smallest absolute Gasteiger partial charge is 0.255 e. The molecule has 3 N–H and O–H groups in total. The fraction of sp³-hybridized carbons (Fsp3) is 0.257. The number of Topliss-reactive ketones (excluding diaryl/α,β-unsaturated/α-hetero) is 1. The van der Waals surface area contributed by atoms with E-state index in [1.54, 1.807) is 54.2 Å². The molecule has 222 valence electrons. The van der Waals surface area contributed by atoms with Gasteiger partial charge in [0, 0.05) is 39.8 Å². The van der Waals surface area contributed by atoms with Crippen LogP contribution in [0.4, 0.5) is 5.69 Å². The largest absolute Gasteiger partial charge is 0.396 e. The Kier molecular flexibility index (Phi) is 10.4. The highest BCUT2D eigenvalue weighted by Crippen LogP contribution is 2.47. The molecule has 0 bridgehead atoms. The molecular formula is C35H35NO6S. The van der Waals surface area contributed by atoms with E-state index in [-0.39, 0.29) is 43.0 Å². The maximum atomic E-state index is 13.2. The van der Waals surface area contributed by atoms with E-state index in [1.807, 2.05) is 48.5 Å². The summed E-state index contributed by atoms with van der Waals surface area (Å²) >= 11 is 1.62. The van der Waals surface area contributed by atoms with Crippen LogP contribution in [0.3, 0.4) is 0 Å². The van der Waals surface area contributed by atoms with Gasteiger partial charge in [-0.3, -0.25) is 9.59 Å². The van der Waals surface area contributed by atoms with Crippen molar-refractivity contribution in [3.8, 4) is 0 Å². The topological polar surface area (TPSA) is 105 Å². The number of aliphatic hydroxyl groups is 2. The van der Waals surface area contributed by atoms with Gasteiger partial charge in [-0.05, 0) is 47.9 Å². The molecule has 0 aliphatic carbocycles. The number of nitrogens with one attached hydrogen (secondary N) is 1. The first-order valence-corrected chi connectivity index (χ1v) is 15.4. The van der Waals surface area contributed by atoms with E-state index in [9.17, 15) is 19.8 Å². The van der Waals surface area contributed by atoms with Gasteiger partial charge in [0.05, 0.1) is 25.4 Å². The Morgan fingerprint density at radius 2 is 1.51 bits per heavy atom. The van der Waals surface area contributed by atoms with Crippen molar-refractivity contribution in [1.82, 2.24) is 0 Å². The van der Waals surface area contributed by atoms with E-state index < -0.39 is 6.29 Å². The van der Waals surface area contributed by atoms with Crippen molar-refractivity contribution >= 4 is 29.1 Å². The minimum Gasteiger partial charge on any atom is -0.396 e. The highest BCUT2D eigenvalue weighted by molar-refractivity contribution is 7.99. The van der Waals surface area contributed by atoms with Gasteiger partial charge in [0.2, 0.25) is 0 Å². The second-order valence-corrected chi connectivity index (χ2v) is 11.6. The molecule has 4 unspecified atom stereocenters. The summed E-state index contributed by atoms with van der Waals surface area (Å²) < 4.78 is 13.4. The Morgan fingerprint density at radius 3 is 2.23 bits per heavy atom. The van der Waals surface area contributed by atoms with Gasteiger partial charge in [0.15, 0.2) is 12.1 Å². The van der Waals surface area contributed by atoms with E-state index in [4.69, 9.17) is 9.47 Å². The van der Waals surface area contributed by atoms with E-state index in [2.05, 4.69) is 17.4 Å². The van der Waals surface area contributed by atoms with Gasteiger partial charge < -0.3 is 25.0 Å². The fourth-order valence-electron chi connectivity index (χ4n) is 5.26. The Morgan fingerprint density at radius 1 is 0.791 bits per heavy atom. The minimum atomic E-state index is -0.754. The first kappa shape index (κ1) is 30.7. The number of anilines is 1. The number of carbonyl (C=O) groups excluding carboxylic acids is 2. The molecule has 4 atom stereocenters. The molecule has 0 saturated carbocycles. The van der Waals surface area contributed by atoms with Crippen LogP contribution in [-0.4, -0.2) is 46.1 Å². The average molecular weight is 598 g/mol. The number of benzene rings is 4. The monoisotopic (exact) mass is 597 g/mol. The zero-order chi connectivity index (χ0) is 30.2. The first-order chi connectivity index (χ1) is 21.0. The fourth-order valence-corrected chi connectivity index (χ4v) is 6.08. The molecule has 1 aliphatic rings. The predicted molar refractivity (Wildman–Crippen MR) is 168 cm³/mol. The first-order valence-electron chi connectivity index (χ1n) is 14.2. The molecule has 1 aliphatic heterocycles. The SMILES string of the molecule is CC(=O)c1cccc(NC(=O)c2cccc(C3OC(CSCCO)C(c4ccccc4)C(c4ccc(CO)cc4)O3)c2)c1. The lowest BCUT2D eigenvalue weighted by Crippen LogP contribution is -2.38. The van der Waals surface area contributed by atoms with E-state index >= 15 is 0 Å². The van der Waals surface area contributed by atoms with Crippen molar-refractivity contribution in [3.05, 3.63) is 137 Å². The maximum Gasteiger partial charge on any atom is 0.255 e. The molecule has 8 heteroatoms. The van der Waals surface area contributed by atoms with Gasteiger partial charge in [0.1, 0.15) is 0 Å². The van der Waals surface area contributed by atoms with Crippen molar-refractivity contribution in [1.29, 1.82) is 0 Å². The molecule has 1 saturated heterocycles. The number of aliphatic hydroxyl groups excluding tert-OH is 2. The van der Waals surface area contributed by atoms with Crippen molar-refractivity contribution in [2.45, 2.75) is 37.9 Å². The van der Waals surface area contributed by atoms with Crippen molar-refractivity contribution in [3.63, 3.8) is 0 Å². The molecule has 0 spiro atoms. The highest BCUT2D eigenvalue weighted by Gasteiger charge is 2.41. The second kappa shape index (κ2) is 14.6. The summed E-state index contributed by atoms with van der Waals surface area (Å²) in [6.07, 6.45) is -1.39. The zero-order valence-corrected chi connectivity index (χ0v) is 24.7. The van der Waals surface area contributed by atoms with Crippen LogP contribution in [-0.2, 0) is 16.1 Å². The van der Waals surface area contributed by atoms with Crippen LogP contribution < -0.4 is 5.32 Å². The number of carbonyl (C=O) groups is 2. The lowest BCUT2D eigenvalue weighted by atomic mass is 9.84. The Labute approximate surface area is 255 Å². The number of amides is 1. The van der Waals surface area contributed by atoms with Crippen LogP contribution in [0.2, 0.25) is 0 Å². The molecule has 1 heterocycles. The number of thioether (sulfide) groups is 1. The lowest BCUT2D eigenvalue weighted by molar-refractivity contribution is -0.255. The quantitative estimate of drug-likeness (QED) is 0.138. The van der Waals surface area contributed by atoms with E-state index in [0.29, 0.717) is 33.9 Å². The number of rotatable bonds is 11. The number of ether oxygens (including phenoxy) is 2. The van der Waals surface area contributed by atoms with Crippen LogP contribution in [0, 0.1) is 0 Å². The maximum absolute atomic E-state index is 13.2. The van der Waals surface area contributed by atoms with E-state index in [0.717, 1.165) is 16.7 Å². The summed E-state index contributed by atoms with van der Waals surface area (Å²) in [4.78, 5) is 25.0. The average Bonchev–Trinajstić information content (AvgIpc) is 3.05. The predicted octanol–water partition coefficient (Wildman–Crippen LogP) is 6.30. The van der Waals surface area contributed by atoms with Gasteiger partial charge in [-0.2, -0.15) is 11.8 Å². The summed E-state index contributed by atoms with van der Waals surface area (Å²) in [7, 11) is 0. The third-order valence-corrected chi connectivity index (χ3v) is 8.47. The molecule has 1 fully saturated rings. The van der Waals surface area contributed by atoms with Gasteiger partial charge in [-0.1, -0.05) is 78.9 Å². The number of hydrogen-bond acceptors (Lipinski definition) is 7. The van der Waals surface area contributed by atoms with Gasteiger partial charge in [-0.15, -0.1) is 0 Å². The van der Waals surface area contributed by atoms with E-state index in [1.165, 1.54) is 6.92 Å². The van der Waals surface area contributed by atoms with Gasteiger partial charge in [0.25, 0.3) is 5.91 Å². The van der Waals surface area contributed by atoms with Crippen LogP contribution in [0.25, 0.3) is 0 Å². The molecule has 1 amide bonds. The normalized spacial score (nSPS) is 20.0. The summed E-state index contributed by atoms with van der Waals surface area (Å²) in [5.74, 6) is 0.697. The molecule has 4 aromatic carbocycles. The molecule has 0 aromatic heterocycles. The number of hydrogen-bond donors (Lipinski definition) is 3. The lowest BCUT2D eigenvalue weighted by Gasteiger charge is -2.43. The summed E-state index contributed by atoms with van der Waals surface area (Å²) in [5, 5.41) is 21.9. The molecule has 0 radical (unpaired) electrons. The standard InChI is InChI=1S/C35H35NO6S/c1-23(39)27-9-6-12-30(20-27)36-34(40)28-10-5-11-29(19-28)35-41-31(22-43-18-17-37)32(25-7-3-2-4-8-25)33(42-35)26-15-13-24(21-38)14-16-26/h2-16,19-20,31-33,35,37-38H,17-18,21-22H2,1H3,(H,36,40). The third kappa shape index (κ3) is 7.60. The van der Waals surface area contributed by atoms with Crippen LogP contribution in [0.5, 0.6) is 0 Å². The van der Waals surface area contributed by atoms with Crippen LogP contribution in [0.1, 0.15) is 68.2 Å². The molecule has 4 aromatic rings. The van der Waals surface area contributed by atoms with Crippen LogP contribution in [0.15, 0.2) is 103 Å². The summed E-state index contributed by atoms with van der Waals surface area (Å²) in [5.41, 5.74) is 5.02. The second-order valence-electron chi connectivity index (χ2n) is 10.4. The van der Waals surface area contributed by atoms with Crippen molar-refractivity contribution < 1.29 is 29.3 Å². The van der Waals surface area contributed by atoms with Crippen LogP contribution >= 0.6 is 11.8 Å². The summed E-state index contributed by atoms with van der Waals surface area (Å²) in [6, 6.07) is 31.9. The third-order valence-electron chi connectivity index (χ3n) is 7.44. The molecule has 5 rings (SSSR count).